The zero-order valence-electron chi connectivity index (χ0n) is 10.2. The summed E-state index contributed by atoms with van der Waals surface area (Å²) in [4.78, 5) is 26.4. The van der Waals surface area contributed by atoms with E-state index in [1.54, 1.807) is 19.1 Å². The van der Waals surface area contributed by atoms with Gasteiger partial charge in [0.25, 0.3) is 0 Å². The summed E-state index contributed by atoms with van der Waals surface area (Å²) in [5, 5.41) is 0. The van der Waals surface area contributed by atoms with Crippen LogP contribution in [0.25, 0.3) is 0 Å². The molecule has 0 spiro atoms. The van der Waals surface area contributed by atoms with Crippen molar-refractivity contribution in [1.82, 2.24) is 4.98 Å². The number of hydrogen-bond donors (Lipinski definition) is 0. The van der Waals surface area contributed by atoms with E-state index >= 15 is 0 Å². The molecular formula is C13H13NO4. The van der Waals surface area contributed by atoms with Gasteiger partial charge in [-0.05, 0) is 19.1 Å². The molecule has 0 aliphatic heterocycles. The second-order valence-corrected chi connectivity index (χ2v) is 3.17. The third-order valence-electron chi connectivity index (χ3n) is 1.95. The van der Waals surface area contributed by atoms with Gasteiger partial charge < -0.3 is 9.47 Å². The molecule has 0 amide bonds. The van der Waals surface area contributed by atoms with Crippen LogP contribution >= 0.6 is 0 Å². The molecular weight excluding hydrogens is 234 g/mol. The van der Waals surface area contributed by atoms with E-state index in [0.29, 0.717) is 12.2 Å². The van der Waals surface area contributed by atoms with Crippen molar-refractivity contribution in [2.24, 2.45) is 0 Å². The van der Waals surface area contributed by atoms with Crippen molar-refractivity contribution in [3.05, 3.63) is 29.6 Å². The third-order valence-corrected chi connectivity index (χ3v) is 1.95. The summed E-state index contributed by atoms with van der Waals surface area (Å²) in [6, 6.07) is 3.29. The van der Waals surface area contributed by atoms with Gasteiger partial charge in [-0.1, -0.05) is 11.8 Å². The largest absolute Gasteiger partial charge is 0.465 e. The van der Waals surface area contributed by atoms with Crippen molar-refractivity contribution in [1.29, 1.82) is 0 Å². The Morgan fingerprint density at radius 2 is 2.22 bits per heavy atom. The van der Waals surface area contributed by atoms with Gasteiger partial charge in [0.15, 0.2) is 5.69 Å². The van der Waals surface area contributed by atoms with E-state index in [1.807, 2.05) is 0 Å². The number of aromatic nitrogens is 1. The number of esters is 2. The number of ether oxygens (including phenoxy) is 2. The quantitative estimate of drug-likeness (QED) is 0.592. The highest BCUT2D eigenvalue weighted by Gasteiger charge is 2.10. The molecule has 1 rings (SSSR count). The van der Waals surface area contributed by atoms with Crippen LogP contribution in [0.1, 0.15) is 29.4 Å². The summed E-state index contributed by atoms with van der Waals surface area (Å²) in [6.45, 7) is 2.04. The standard InChI is InChI=1S/C13H13NO4/c1-3-18-11(15)8-4-6-10-7-5-9-14-12(10)13(16)17-2/h5,7,9H,3,8H2,1-2H3. The highest BCUT2D eigenvalue weighted by atomic mass is 16.5. The number of carbonyl (C=O) groups is 2. The molecule has 0 saturated carbocycles. The molecule has 0 atom stereocenters. The zero-order chi connectivity index (χ0) is 13.4. The molecule has 0 aliphatic carbocycles. The lowest BCUT2D eigenvalue weighted by atomic mass is 10.2. The second-order valence-electron chi connectivity index (χ2n) is 3.17. The number of methoxy groups -OCH3 is 1. The summed E-state index contributed by atoms with van der Waals surface area (Å²) in [5.74, 6) is 4.38. The molecule has 0 radical (unpaired) electrons. The maximum atomic E-state index is 11.4. The molecule has 0 bridgehead atoms. The van der Waals surface area contributed by atoms with E-state index in [0.717, 1.165) is 0 Å². The van der Waals surface area contributed by atoms with Crippen LogP contribution in [0.5, 0.6) is 0 Å². The van der Waals surface area contributed by atoms with Crippen molar-refractivity contribution in [3.63, 3.8) is 0 Å². The smallest absolute Gasteiger partial charge is 0.357 e. The number of hydrogen-bond acceptors (Lipinski definition) is 5. The first kappa shape index (κ1) is 13.7. The van der Waals surface area contributed by atoms with Crippen LogP contribution in [0.4, 0.5) is 0 Å². The Labute approximate surface area is 105 Å². The molecule has 0 saturated heterocycles. The van der Waals surface area contributed by atoms with E-state index in [2.05, 4.69) is 21.6 Å². The summed E-state index contributed by atoms with van der Waals surface area (Å²) >= 11 is 0. The predicted molar refractivity (Wildman–Crippen MR) is 63.7 cm³/mol. The van der Waals surface area contributed by atoms with Gasteiger partial charge in [-0.3, -0.25) is 4.79 Å². The Morgan fingerprint density at radius 1 is 1.44 bits per heavy atom. The van der Waals surface area contributed by atoms with E-state index in [4.69, 9.17) is 4.74 Å². The summed E-state index contributed by atoms with van der Waals surface area (Å²) in [5.41, 5.74) is 0.560. The molecule has 0 aliphatic rings. The molecule has 1 aromatic rings. The van der Waals surface area contributed by atoms with E-state index < -0.39 is 11.9 Å². The van der Waals surface area contributed by atoms with Crippen LogP contribution < -0.4 is 0 Å². The Morgan fingerprint density at radius 3 is 2.89 bits per heavy atom. The minimum Gasteiger partial charge on any atom is -0.465 e. The Kier molecular flexibility index (Phi) is 5.39. The SMILES string of the molecule is CCOC(=O)CC#Cc1cccnc1C(=O)OC. The Balaban J connectivity index is 2.82. The average Bonchev–Trinajstić information content (AvgIpc) is 2.39. The minimum absolute atomic E-state index is 0.0245. The summed E-state index contributed by atoms with van der Waals surface area (Å²) < 4.78 is 9.31. The molecule has 5 nitrogen and oxygen atoms in total. The fourth-order valence-electron chi connectivity index (χ4n) is 1.19. The van der Waals surface area contributed by atoms with E-state index in [9.17, 15) is 9.59 Å². The summed E-state index contributed by atoms with van der Waals surface area (Å²) in [7, 11) is 1.27. The molecule has 1 heterocycles. The summed E-state index contributed by atoms with van der Waals surface area (Å²) in [6.07, 6.45) is 1.45. The fraction of sp³-hybridized carbons (Fsp3) is 0.308. The van der Waals surface area contributed by atoms with Gasteiger partial charge in [0.05, 0.1) is 19.3 Å². The van der Waals surface area contributed by atoms with Gasteiger partial charge >= 0.3 is 11.9 Å². The van der Waals surface area contributed by atoms with Crippen molar-refractivity contribution in [3.8, 4) is 11.8 Å². The highest BCUT2D eigenvalue weighted by Crippen LogP contribution is 2.05. The van der Waals surface area contributed by atoms with Gasteiger partial charge in [0.2, 0.25) is 0 Å². The maximum absolute atomic E-state index is 11.4. The first-order chi connectivity index (χ1) is 8.69. The third kappa shape index (κ3) is 3.91. The van der Waals surface area contributed by atoms with E-state index in [-0.39, 0.29) is 12.1 Å². The van der Waals surface area contributed by atoms with Gasteiger partial charge in [0, 0.05) is 6.20 Å². The van der Waals surface area contributed by atoms with Crippen LogP contribution in [0.3, 0.4) is 0 Å². The van der Waals surface area contributed by atoms with Crippen molar-refractivity contribution >= 4 is 11.9 Å². The Bertz CT molecular complexity index is 499. The molecule has 5 heteroatoms. The fourth-order valence-corrected chi connectivity index (χ4v) is 1.19. The van der Waals surface area contributed by atoms with Gasteiger partial charge in [-0.15, -0.1) is 0 Å². The van der Waals surface area contributed by atoms with Crippen LogP contribution in [0.15, 0.2) is 18.3 Å². The molecule has 1 aromatic heterocycles. The molecule has 0 unspecified atom stereocenters. The molecule has 0 aromatic carbocycles. The molecule has 0 N–H and O–H groups in total. The van der Waals surface area contributed by atoms with Crippen molar-refractivity contribution in [2.75, 3.05) is 13.7 Å². The normalized spacial score (nSPS) is 9.00. The Hall–Kier alpha value is -2.35. The molecule has 94 valence electrons. The zero-order valence-corrected chi connectivity index (χ0v) is 10.2. The number of nitrogens with zero attached hydrogens (tertiary/aromatic N) is 1. The topological polar surface area (TPSA) is 65.5 Å². The van der Waals surface area contributed by atoms with Crippen LogP contribution in [-0.4, -0.2) is 30.6 Å². The van der Waals surface area contributed by atoms with E-state index in [1.165, 1.54) is 13.3 Å². The first-order valence-corrected chi connectivity index (χ1v) is 5.36. The lowest BCUT2D eigenvalue weighted by Gasteiger charge is -2.00. The van der Waals surface area contributed by atoms with Gasteiger partial charge in [-0.25, -0.2) is 9.78 Å². The monoisotopic (exact) mass is 247 g/mol. The molecule has 18 heavy (non-hydrogen) atoms. The highest BCUT2D eigenvalue weighted by molar-refractivity contribution is 5.90. The van der Waals surface area contributed by atoms with Crippen LogP contribution in [0, 0.1) is 11.8 Å². The van der Waals surface area contributed by atoms with Crippen molar-refractivity contribution < 1.29 is 19.1 Å². The maximum Gasteiger partial charge on any atom is 0.357 e. The average molecular weight is 247 g/mol. The lowest BCUT2D eigenvalue weighted by Crippen LogP contribution is -2.06. The molecule has 0 fully saturated rings. The van der Waals surface area contributed by atoms with Gasteiger partial charge in [0.1, 0.15) is 6.42 Å². The number of rotatable bonds is 3. The second kappa shape index (κ2) is 7.07. The predicted octanol–water partition coefficient (Wildman–Crippen LogP) is 1.17. The number of pyridine rings is 1. The first-order valence-electron chi connectivity index (χ1n) is 5.36. The van der Waals surface area contributed by atoms with Crippen molar-refractivity contribution in [2.45, 2.75) is 13.3 Å². The van der Waals surface area contributed by atoms with Crippen LogP contribution in [0.2, 0.25) is 0 Å². The van der Waals surface area contributed by atoms with Crippen LogP contribution in [-0.2, 0) is 14.3 Å². The number of carbonyl (C=O) groups excluding carboxylic acids is 2. The lowest BCUT2D eigenvalue weighted by molar-refractivity contribution is -0.141. The minimum atomic E-state index is -0.559. The van der Waals surface area contributed by atoms with Gasteiger partial charge in [-0.2, -0.15) is 0 Å².